The van der Waals surface area contributed by atoms with Crippen LogP contribution in [0.5, 0.6) is 0 Å². The zero-order valence-electron chi connectivity index (χ0n) is 14.5. The highest BCUT2D eigenvalue weighted by atomic mass is 32.1. The van der Waals surface area contributed by atoms with Crippen LogP contribution in [0.2, 0.25) is 0 Å². The molecule has 1 aliphatic heterocycles. The number of H-pyrrole nitrogens is 1. The Bertz CT molecular complexity index is 842. The molecule has 1 unspecified atom stereocenters. The molecule has 0 fully saturated rings. The summed E-state index contributed by atoms with van der Waals surface area (Å²) < 4.78 is 0. The van der Waals surface area contributed by atoms with Gasteiger partial charge in [-0.05, 0) is 61.3 Å². The first-order valence-corrected chi connectivity index (χ1v) is 9.91. The van der Waals surface area contributed by atoms with Gasteiger partial charge in [-0.1, -0.05) is 31.0 Å². The van der Waals surface area contributed by atoms with Crippen molar-refractivity contribution in [1.29, 1.82) is 0 Å². The van der Waals surface area contributed by atoms with Gasteiger partial charge in [-0.25, -0.2) is 4.98 Å². The van der Waals surface area contributed by atoms with Gasteiger partial charge < -0.3 is 9.88 Å². The molecule has 3 aromatic rings. The number of rotatable bonds is 6. The van der Waals surface area contributed by atoms with Gasteiger partial charge in [0.1, 0.15) is 0 Å². The molecule has 0 saturated heterocycles. The van der Waals surface area contributed by atoms with Crippen molar-refractivity contribution >= 4 is 35.0 Å². The first kappa shape index (κ1) is 16.5. The van der Waals surface area contributed by atoms with Crippen molar-refractivity contribution in [3.05, 3.63) is 54.4 Å². The molecule has 25 heavy (non-hydrogen) atoms. The van der Waals surface area contributed by atoms with E-state index in [4.69, 9.17) is 0 Å². The number of thiol groups is 1. The van der Waals surface area contributed by atoms with Crippen LogP contribution in [0.15, 0.2) is 48.8 Å². The van der Waals surface area contributed by atoms with Crippen LogP contribution in [0.1, 0.15) is 37.7 Å². The fourth-order valence-corrected chi connectivity index (χ4v) is 4.19. The predicted molar refractivity (Wildman–Crippen MR) is 109 cm³/mol. The molecule has 130 valence electrons. The first-order valence-electron chi connectivity index (χ1n) is 9.28. The lowest BCUT2D eigenvalue weighted by atomic mass is 9.91. The number of fused-ring (bicyclic) bond motifs is 2. The van der Waals surface area contributed by atoms with Crippen LogP contribution in [0.4, 0.5) is 11.4 Å². The molecule has 2 aromatic carbocycles. The molecule has 0 aliphatic carbocycles. The lowest BCUT2D eigenvalue weighted by Gasteiger charge is -2.39. The van der Waals surface area contributed by atoms with E-state index in [9.17, 15) is 0 Å². The average Bonchev–Trinajstić information content (AvgIpc) is 3.12. The average molecular weight is 352 g/mol. The maximum atomic E-state index is 4.36. The van der Waals surface area contributed by atoms with Crippen molar-refractivity contribution in [3.8, 4) is 0 Å². The maximum absolute atomic E-state index is 4.36. The van der Waals surface area contributed by atoms with Crippen LogP contribution in [-0.4, -0.2) is 21.8 Å². The number of anilines is 2. The first-order chi connectivity index (χ1) is 12.4. The minimum absolute atomic E-state index is 0.565. The van der Waals surface area contributed by atoms with E-state index < -0.39 is 0 Å². The van der Waals surface area contributed by atoms with Gasteiger partial charge in [0.2, 0.25) is 0 Å². The Labute approximate surface area is 154 Å². The van der Waals surface area contributed by atoms with Crippen LogP contribution >= 0.6 is 12.6 Å². The summed E-state index contributed by atoms with van der Waals surface area (Å²) in [4.78, 5) is 10.2. The van der Waals surface area contributed by atoms with Crippen molar-refractivity contribution in [2.75, 3.05) is 10.7 Å². The highest BCUT2D eigenvalue weighted by Crippen LogP contribution is 2.39. The van der Waals surface area contributed by atoms with Crippen LogP contribution in [0.3, 0.4) is 0 Å². The van der Waals surface area contributed by atoms with Gasteiger partial charge >= 0.3 is 0 Å². The smallest absolute Gasteiger partial charge is 0.0931 e. The van der Waals surface area contributed by atoms with Gasteiger partial charge in [0.25, 0.3) is 0 Å². The lowest BCUT2D eigenvalue weighted by molar-refractivity contribution is 0.506. The minimum Gasteiger partial charge on any atom is -0.345 e. The summed E-state index contributed by atoms with van der Waals surface area (Å²) in [5, 5.41) is 0. The van der Waals surface area contributed by atoms with Gasteiger partial charge in [0.15, 0.2) is 0 Å². The van der Waals surface area contributed by atoms with E-state index in [1.807, 2.05) is 0 Å². The third-order valence-electron chi connectivity index (χ3n) is 5.24. The number of hydrogen-bond acceptors (Lipinski definition) is 3. The molecule has 1 N–H and O–H groups in total. The molecule has 0 spiro atoms. The molecule has 0 amide bonds. The Morgan fingerprint density at radius 2 is 2.04 bits per heavy atom. The maximum Gasteiger partial charge on any atom is 0.0931 e. The molecule has 0 radical (unpaired) electrons. The van der Waals surface area contributed by atoms with Gasteiger partial charge in [-0.15, -0.1) is 0 Å². The summed E-state index contributed by atoms with van der Waals surface area (Å²) in [7, 11) is 0. The van der Waals surface area contributed by atoms with Crippen molar-refractivity contribution in [3.63, 3.8) is 0 Å². The quantitative estimate of drug-likeness (QED) is 0.453. The predicted octanol–water partition coefficient (Wildman–Crippen LogP) is 5.51. The van der Waals surface area contributed by atoms with E-state index >= 15 is 0 Å². The van der Waals surface area contributed by atoms with E-state index in [1.54, 1.807) is 6.33 Å². The molecule has 4 rings (SSSR count). The highest BCUT2D eigenvalue weighted by Gasteiger charge is 2.27. The minimum atomic E-state index is 0.565. The second-order valence-electron chi connectivity index (χ2n) is 6.87. The van der Waals surface area contributed by atoms with Crippen LogP contribution in [0, 0.1) is 0 Å². The summed E-state index contributed by atoms with van der Waals surface area (Å²) in [6, 6.07) is 16.0. The Morgan fingerprint density at radius 3 is 2.96 bits per heavy atom. The second-order valence-corrected chi connectivity index (χ2v) is 7.32. The largest absolute Gasteiger partial charge is 0.345 e. The number of nitrogens with zero attached hydrogens (tertiary/aromatic N) is 2. The number of para-hydroxylation sites is 1. The summed E-state index contributed by atoms with van der Waals surface area (Å²) in [6.07, 6.45) is 9.17. The third-order valence-corrected chi connectivity index (χ3v) is 5.56. The number of aromatic nitrogens is 2. The third kappa shape index (κ3) is 3.40. The van der Waals surface area contributed by atoms with Gasteiger partial charge in [-0.3, -0.25) is 0 Å². The molecule has 2 heterocycles. The van der Waals surface area contributed by atoms with Crippen molar-refractivity contribution in [1.82, 2.24) is 9.97 Å². The molecular weight excluding hydrogens is 326 g/mol. The highest BCUT2D eigenvalue weighted by molar-refractivity contribution is 7.80. The number of nitrogens with one attached hydrogen (secondary N) is 1. The molecule has 1 aromatic heterocycles. The topological polar surface area (TPSA) is 31.9 Å². The number of aryl methyl sites for hydroxylation is 1. The Kier molecular flexibility index (Phi) is 4.97. The fraction of sp³-hybridized carbons (Fsp3) is 0.381. The van der Waals surface area contributed by atoms with E-state index in [0.29, 0.717) is 6.04 Å². The van der Waals surface area contributed by atoms with Crippen LogP contribution in [-0.2, 0) is 6.42 Å². The fourth-order valence-electron chi connectivity index (χ4n) is 3.97. The second kappa shape index (κ2) is 7.52. The number of benzene rings is 2. The van der Waals surface area contributed by atoms with Crippen LogP contribution in [0.25, 0.3) is 11.0 Å². The monoisotopic (exact) mass is 351 g/mol. The van der Waals surface area contributed by atoms with E-state index in [0.717, 1.165) is 16.8 Å². The summed E-state index contributed by atoms with van der Waals surface area (Å²) in [5.74, 6) is 0.994. The zero-order chi connectivity index (χ0) is 17.1. The Hall–Kier alpha value is -1.94. The van der Waals surface area contributed by atoms with Crippen molar-refractivity contribution in [2.45, 2.75) is 44.6 Å². The normalized spacial score (nSPS) is 17.0. The Balaban J connectivity index is 1.67. The molecule has 1 aliphatic rings. The van der Waals surface area contributed by atoms with Crippen molar-refractivity contribution < 1.29 is 0 Å². The molecule has 0 saturated carbocycles. The van der Waals surface area contributed by atoms with Crippen molar-refractivity contribution in [2.24, 2.45) is 0 Å². The molecule has 1 atom stereocenters. The molecule has 4 heteroatoms. The zero-order valence-corrected chi connectivity index (χ0v) is 15.4. The van der Waals surface area contributed by atoms with Gasteiger partial charge in [0.05, 0.1) is 17.4 Å². The number of unbranched alkanes of at least 4 members (excludes halogenated alkanes) is 2. The summed E-state index contributed by atoms with van der Waals surface area (Å²) in [6.45, 7) is 0. The van der Waals surface area contributed by atoms with E-state index in [-0.39, 0.29) is 0 Å². The molecule has 3 nitrogen and oxygen atoms in total. The van der Waals surface area contributed by atoms with Crippen LogP contribution < -0.4 is 4.90 Å². The van der Waals surface area contributed by atoms with E-state index in [2.05, 4.69) is 70.0 Å². The van der Waals surface area contributed by atoms with E-state index in [1.165, 1.54) is 55.5 Å². The number of imidazole rings is 1. The summed E-state index contributed by atoms with van der Waals surface area (Å²) in [5.41, 5.74) is 6.22. The SMILES string of the molecule is SCCCCCC1CCc2ccccc2N1c1ccc2nc[nH]c2c1. The number of hydrogen-bond donors (Lipinski definition) is 2. The van der Waals surface area contributed by atoms with Gasteiger partial charge in [-0.2, -0.15) is 12.6 Å². The lowest BCUT2D eigenvalue weighted by Crippen LogP contribution is -2.35. The summed E-state index contributed by atoms with van der Waals surface area (Å²) >= 11 is 4.34. The molecule has 0 bridgehead atoms. The Morgan fingerprint density at radius 1 is 1.12 bits per heavy atom. The number of aromatic amines is 1. The molecular formula is C21H25N3S. The van der Waals surface area contributed by atoms with Gasteiger partial charge in [0, 0.05) is 17.4 Å². The standard InChI is InChI=1S/C21H25N3S/c25-13-5-1-2-7-17-10-9-16-6-3-4-8-21(16)24(17)18-11-12-19-20(14-18)23-15-22-19/h3-4,6,8,11-12,14-15,17,25H,1-2,5,7,9-10,13H2,(H,22,23).